The van der Waals surface area contributed by atoms with Crippen molar-refractivity contribution in [2.45, 2.75) is 135 Å². The Balaban J connectivity index is 1.47. The molecule has 0 spiro atoms. The Morgan fingerprint density at radius 1 is 0.964 bits per heavy atom. The maximum atomic E-state index is 14.5. The third kappa shape index (κ3) is 8.65. The van der Waals surface area contributed by atoms with Crippen LogP contribution >= 0.6 is 0 Å². The summed E-state index contributed by atoms with van der Waals surface area (Å²) in [6.45, 7) is 18.9. The van der Waals surface area contributed by atoms with E-state index in [-0.39, 0.29) is 36.9 Å². The molecule has 2 heterocycles. The summed E-state index contributed by atoms with van der Waals surface area (Å²) >= 11 is 0. The second kappa shape index (κ2) is 15.3. The molecule has 304 valence electrons. The highest BCUT2D eigenvalue weighted by Gasteiger charge is 2.69. The minimum Gasteiger partial charge on any atom is -0.459 e. The number of hydrogen-bond acceptors (Lipinski definition) is 11. The smallest absolute Gasteiger partial charge is 0.459 e. The van der Waals surface area contributed by atoms with Gasteiger partial charge in [0.25, 0.3) is 0 Å². The van der Waals surface area contributed by atoms with Crippen LogP contribution in [0.15, 0.2) is 24.3 Å². The second-order valence-corrected chi connectivity index (χ2v) is 18.2. The Labute approximate surface area is 324 Å². The van der Waals surface area contributed by atoms with E-state index in [1.54, 1.807) is 72.8 Å². The van der Waals surface area contributed by atoms with Gasteiger partial charge in [-0.15, -0.1) is 0 Å². The van der Waals surface area contributed by atoms with Gasteiger partial charge in [0, 0.05) is 26.7 Å². The highest BCUT2D eigenvalue weighted by Crippen LogP contribution is 2.65. The lowest BCUT2D eigenvalue weighted by atomic mass is 9.43. The molecule has 3 unspecified atom stereocenters. The maximum absolute atomic E-state index is 14.5. The minimum atomic E-state index is -1.55. The topological polar surface area (TPSA) is 179 Å². The van der Waals surface area contributed by atoms with Crippen molar-refractivity contribution in [3.05, 3.63) is 24.3 Å². The van der Waals surface area contributed by atoms with Gasteiger partial charge in [0.1, 0.15) is 28.8 Å². The van der Waals surface area contributed by atoms with E-state index < -0.39 is 89.5 Å². The van der Waals surface area contributed by atoms with E-state index in [1.807, 2.05) is 6.92 Å². The molecule has 2 saturated heterocycles. The maximum Gasteiger partial charge on any atom is 0.481 e. The summed E-state index contributed by atoms with van der Waals surface area (Å²) in [6, 6.07) is -1.55. The van der Waals surface area contributed by atoms with Crippen LogP contribution in [0.2, 0.25) is 0 Å². The fourth-order valence-electron chi connectivity index (χ4n) is 8.85. The number of ether oxygens (including phenoxy) is 3. The third-order valence-electron chi connectivity index (χ3n) is 11.9. The van der Waals surface area contributed by atoms with Crippen LogP contribution in [0.3, 0.4) is 0 Å². The zero-order valence-electron chi connectivity index (χ0n) is 34.2. The standard InChI is InChI=1S/C39H59BN4O11/c1-12-43-17-18-44(32(48)31(43)47)29(45)21-25(41-34(50)53-36(5,6)7)30(46)42-28(40-54-27-20-23-19-26(37(23,8)9)38(27,10)55-40)22-39(51-11)16-14-13-15-24(39)33(49)52-35(2,3)4/h13-16,23-28H,12,17-22H2,1-11H3,(H,41,50)(H,42,46)/t23-,24?,25?,26+,27?,28-,38+,39+/m1/s1. The SMILES string of the molecule is CCN1CCN(C(=O)CC(NC(=O)OC(C)(C)C)C(=O)N[C@H](C[C@@]2(OC)C=CC=CC2C(=O)OC(C)(C)C)B2OC3C[C@H]4C[C@@H](C4(C)C)[C@]3(C)O2)C(=O)C1=O. The number of alkyl carbamates (subject to hydrolysis) is 1. The molecule has 2 bridgehead atoms. The van der Waals surface area contributed by atoms with Crippen LogP contribution < -0.4 is 10.6 Å². The third-order valence-corrected chi connectivity index (χ3v) is 11.9. The normalized spacial score (nSPS) is 30.9. The summed E-state index contributed by atoms with van der Waals surface area (Å²) in [7, 11) is 0.454. The molecule has 6 rings (SSSR count). The Kier molecular flexibility index (Phi) is 11.8. The van der Waals surface area contributed by atoms with Crippen molar-refractivity contribution >= 4 is 42.8 Å². The molecule has 2 aliphatic heterocycles. The molecule has 16 heteroatoms. The van der Waals surface area contributed by atoms with Crippen molar-refractivity contribution in [1.29, 1.82) is 0 Å². The van der Waals surface area contributed by atoms with E-state index >= 15 is 0 Å². The Morgan fingerprint density at radius 3 is 2.24 bits per heavy atom. The van der Waals surface area contributed by atoms with Crippen LogP contribution in [-0.2, 0) is 47.5 Å². The monoisotopic (exact) mass is 770 g/mol. The van der Waals surface area contributed by atoms with E-state index in [1.165, 1.54) is 12.0 Å². The number of hydrogen-bond donors (Lipinski definition) is 2. The van der Waals surface area contributed by atoms with Crippen LogP contribution in [0.25, 0.3) is 0 Å². The van der Waals surface area contributed by atoms with Gasteiger partial charge >= 0.3 is 31.0 Å². The molecule has 6 aliphatic rings. The highest BCUT2D eigenvalue weighted by molar-refractivity contribution is 6.48. The number of esters is 1. The average Bonchev–Trinajstić information content (AvgIpc) is 3.44. The number of carbonyl (C=O) groups excluding carboxylic acids is 6. The quantitative estimate of drug-likeness (QED) is 0.179. The van der Waals surface area contributed by atoms with Crippen LogP contribution in [0.5, 0.6) is 0 Å². The van der Waals surface area contributed by atoms with Crippen LogP contribution in [-0.4, -0.2) is 120 Å². The van der Waals surface area contributed by atoms with Gasteiger partial charge in [-0.2, -0.15) is 0 Å². The number of imide groups is 1. The number of amides is 5. The molecule has 2 N–H and O–H groups in total. The van der Waals surface area contributed by atoms with Crippen molar-refractivity contribution < 1.29 is 52.3 Å². The molecule has 0 aromatic rings. The summed E-state index contributed by atoms with van der Waals surface area (Å²) < 4.78 is 30.9. The molecule has 0 aromatic heterocycles. The average molecular weight is 771 g/mol. The largest absolute Gasteiger partial charge is 0.481 e. The van der Waals surface area contributed by atoms with Crippen molar-refractivity contribution in [2.24, 2.45) is 23.2 Å². The highest BCUT2D eigenvalue weighted by atomic mass is 16.7. The van der Waals surface area contributed by atoms with Gasteiger partial charge in [-0.25, -0.2) is 4.79 Å². The van der Waals surface area contributed by atoms with E-state index in [0.29, 0.717) is 12.5 Å². The predicted octanol–water partition coefficient (Wildman–Crippen LogP) is 3.10. The molecule has 15 nitrogen and oxygen atoms in total. The van der Waals surface area contributed by atoms with E-state index in [2.05, 4.69) is 24.5 Å². The number of piperazine rings is 1. The van der Waals surface area contributed by atoms with Gasteiger partial charge < -0.3 is 39.1 Å². The van der Waals surface area contributed by atoms with Crippen molar-refractivity contribution in [2.75, 3.05) is 26.7 Å². The lowest BCUT2D eigenvalue weighted by molar-refractivity contribution is -0.199. The summed E-state index contributed by atoms with van der Waals surface area (Å²) in [5, 5.41) is 5.49. The minimum absolute atomic E-state index is 0.0267. The molecular formula is C39H59BN4O11. The van der Waals surface area contributed by atoms with E-state index in [0.717, 1.165) is 17.7 Å². The first-order chi connectivity index (χ1) is 25.4. The van der Waals surface area contributed by atoms with Crippen molar-refractivity contribution in [3.8, 4) is 0 Å². The number of carbonyl (C=O) groups is 6. The van der Waals surface area contributed by atoms with Gasteiger partial charge in [0.15, 0.2) is 0 Å². The van der Waals surface area contributed by atoms with Gasteiger partial charge in [0.05, 0.1) is 24.1 Å². The first-order valence-electron chi connectivity index (χ1n) is 19.4. The number of methoxy groups -OCH3 is 1. The summed E-state index contributed by atoms with van der Waals surface area (Å²) in [5.74, 6) is -5.27. The predicted molar refractivity (Wildman–Crippen MR) is 201 cm³/mol. The number of allylic oxidation sites excluding steroid dienone is 2. The van der Waals surface area contributed by atoms with E-state index in [4.69, 9.17) is 23.5 Å². The fraction of sp³-hybridized carbons (Fsp3) is 0.744. The lowest BCUT2D eigenvalue weighted by Crippen LogP contribution is -2.65. The summed E-state index contributed by atoms with van der Waals surface area (Å²) in [4.78, 5) is 82.7. The van der Waals surface area contributed by atoms with Gasteiger partial charge in [-0.3, -0.25) is 28.9 Å². The molecule has 3 saturated carbocycles. The van der Waals surface area contributed by atoms with Crippen molar-refractivity contribution in [3.63, 3.8) is 0 Å². The number of likely N-dealkylation sites (N-methyl/N-ethyl adjacent to an activating group) is 1. The molecule has 0 radical (unpaired) electrons. The van der Waals surface area contributed by atoms with Crippen LogP contribution in [0, 0.1) is 23.2 Å². The van der Waals surface area contributed by atoms with Crippen molar-refractivity contribution in [1.82, 2.24) is 20.4 Å². The van der Waals surface area contributed by atoms with Crippen LogP contribution in [0.1, 0.15) is 94.9 Å². The van der Waals surface area contributed by atoms with E-state index in [9.17, 15) is 28.8 Å². The molecule has 0 aromatic carbocycles. The first kappa shape index (κ1) is 42.4. The first-order valence-corrected chi connectivity index (χ1v) is 19.4. The Bertz CT molecular complexity index is 1620. The van der Waals surface area contributed by atoms with Crippen LogP contribution in [0.4, 0.5) is 4.79 Å². The molecule has 55 heavy (non-hydrogen) atoms. The lowest BCUT2D eigenvalue weighted by Gasteiger charge is -2.64. The summed E-state index contributed by atoms with van der Waals surface area (Å²) in [6.07, 6.45) is 6.73. The number of nitrogens with one attached hydrogen (secondary N) is 2. The van der Waals surface area contributed by atoms with Gasteiger partial charge in [0.2, 0.25) is 11.8 Å². The molecule has 5 amide bonds. The van der Waals surface area contributed by atoms with Gasteiger partial charge in [-0.05, 0) is 91.9 Å². The second-order valence-electron chi connectivity index (χ2n) is 18.2. The van der Waals surface area contributed by atoms with Gasteiger partial charge in [-0.1, -0.05) is 38.2 Å². The molecule has 4 aliphatic carbocycles. The molecular weight excluding hydrogens is 711 g/mol. The molecule has 8 atom stereocenters. The Morgan fingerprint density at radius 2 is 1.64 bits per heavy atom. The number of rotatable bonds is 11. The zero-order valence-corrected chi connectivity index (χ0v) is 34.2. The summed E-state index contributed by atoms with van der Waals surface area (Å²) in [5.41, 5.74) is -3.72. The fourth-order valence-corrected chi connectivity index (χ4v) is 8.85. The number of nitrogens with zero attached hydrogens (tertiary/aromatic N) is 2. The molecule has 5 fully saturated rings. The Hall–Kier alpha value is -3.76. The zero-order chi connectivity index (χ0) is 40.9.